The molecule has 29 heavy (non-hydrogen) atoms. The lowest BCUT2D eigenvalue weighted by Crippen LogP contribution is -2.52. The Morgan fingerprint density at radius 2 is 1.83 bits per heavy atom. The van der Waals surface area contributed by atoms with E-state index in [4.69, 9.17) is 11.5 Å². The minimum absolute atomic E-state index is 0.0328. The summed E-state index contributed by atoms with van der Waals surface area (Å²) in [7, 11) is 0. The van der Waals surface area contributed by atoms with Gasteiger partial charge in [0.15, 0.2) is 5.69 Å². The lowest BCUT2D eigenvalue weighted by atomic mass is 9.86. The van der Waals surface area contributed by atoms with E-state index >= 15 is 0 Å². The zero-order valence-corrected chi connectivity index (χ0v) is 16.6. The fourth-order valence-electron chi connectivity index (χ4n) is 3.15. The van der Waals surface area contributed by atoms with E-state index in [1.807, 2.05) is 12.1 Å². The molecule has 0 aliphatic heterocycles. The van der Waals surface area contributed by atoms with Gasteiger partial charge in [-0.15, -0.1) is 0 Å². The number of primary amides is 1. The van der Waals surface area contributed by atoms with Gasteiger partial charge in [0.2, 0.25) is 5.91 Å². The molecule has 2 amide bonds. The minimum Gasteiger partial charge on any atom is -0.399 e. The molecular formula is C21H24FN5O2. The Morgan fingerprint density at radius 3 is 2.41 bits per heavy atom. The zero-order valence-electron chi connectivity index (χ0n) is 16.6. The molecule has 3 aromatic rings. The molecule has 1 atom stereocenters. The first-order valence-corrected chi connectivity index (χ1v) is 9.17. The molecule has 0 saturated carbocycles. The van der Waals surface area contributed by atoms with Crippen LogP contribution in [0.25, 0.3) is 10.9 Å². The second kappa shape index (κ2) is 7.54. The molecule has 0 spiro atoms. The fraction of sp³-hybridized carbons (Fsp3) is 0.286. The summed E-state index contributed by atoms with van der Waals surface area (Å²) in [5.74, 6) is -1.72. The van der Waals surface area contributed by atoms with Crippen LogP contribution in [0.1, 0.15) is 36.8 Å². The number of carbonyl (C=O) groups excluding carboxylic acids is 2. The number of benzene rings is 2. The summed E-state index contributed by atoms with van der Waals surface area (Å²) in [5.41, 5.74) is 12.8. The van der Waals surface area contributed by atoms with E-state index in [0.717, 1.165) is 5.56 Å². The Morgan fingerprint density at radius 1 is 1.17 bits per heavy atom. The van der Waals surface area contributed by atoms with Gasteiger partial charge < -0.3 is 16.8 Å². The molecule has 7 nitrogen and oxygen atoms in total. The van der Waals surface area contributed by atoms with Crippen LogP contribution in [0.4, 0.5) is 10.1 Å². The summed E-state index contributed by atoms with van der Waals surface area (Å²) in [6, 6.07) is 10.5. The van der Waals surface area contributed by atoms with Crippen molar-refractivity contribution in [2.75, 3.05) is 5.73 Å². The van der Waals surface area contributed by atoms with Crippen molar-refractivity contribution in [3.05, 3.63) is 59.5 Å². The number of amides is 2. The molecule has 0 bridgehead atoms. The molecular weight excluding hydrogens is 373 g/mol. The molecule has 1 aromatic heterocycles. The minimum atomic E-state index is -0.902. The van der Waals surface area contributed by atoms with Gasteiger partial charge in [-0.1, -0.05) is 32.9 Å². The summed E-state index contributed by atoms with van der Waals surface area (Å²) in [6.45, 7) is 5.74. The fourth-order valence-corrected chi connectivity index (χ4v) is 3.15. The molecule has 0 radical (unpaired) electrons. The van der Waals surface area contributed by atoms with Crippen molar-refractivity contribution in [1.82, 2.24) is 15.1 Å². The van der Waals surface area contributed by atoms with Crippen molar-refractivity contribution in [3.8, 4) is 0 Å². The molecule has 152 valence electrons. The monoisotopic (exact) mass is 397 g/mol. The van der Waals surface area contributed by atoms with Gasteiger partial charge in [0.25, 0.3) is 5.91 Å². The summed E-state index contributed by atoms with van der Waals surface area (Å²) in [5, 5.41) is 7.39. The van der Waals surface area contributed by atoms with Gasteiger partial charge in [-0.2, -0.15) is 5.10 Å². The van der Waals surface area contributed by atoms with Crippen molar-refractivity contribution in [1.29, 1.82) is 0 Å². The molecule has 0 fully saturated rings. The third-order valence-corrected chi connectivity index (χ3v) is 4.67. The van der Waals surface area contributed by atoms with Crippen molar-refractivity contribution in [3.63, 3.8) is 0 Å². The van der Waals surface area contributed by atoms with E-state index in [1.165, 1.54) is 12.1 Å². The third kappa shape index (κ3) is 4.37. The number of aromatic nitrogens is 2. The van der Waals surface area contributed by atoms with Gasteiger partial charge in [0.05, 0.1) is 12.1 Å². The van der Waals surface area contributed by atoms with E-state index in [9.17, 15) is 14.0 Å². The molecule has 8 heteroatoms. The number of rotatable bonds is 5. The van der Waals surface area contributed by atoms with Crippen LogP contribution in [0.2, 0.25) is 0 Å². The lowest BCUT2D eigenvalue weighted by Gasteiger charge is -2.28. The maximum Gasteiger partial charge on any atom is 0.273 e. The van der Waals surface area contributed by atoms with Gasteiger partial charge in [-0.25, -0.2) is 4.39 Å². The number of nitrogens with two attached hydrogens (primary N) is 2. The van der Waals surface area contributed by atoms with Crippen molar-refractivity contribution >= 4 is 28.4 Å². The summed E-state index contributed by atoms with van der Waals surface area (Å²) < 4.78 is 15.5. The first-order valence-electron chi connectivity index (χ1n) is 9.17. The molecule has 5 N–H and O–H groups in total. The van der Waals surface area contributed by atoms with Crippen LogP contribution in [-0.4, -0.2) is 27.6 Å². The molecule has 2 aromatic carbocycles. The zero-order chi connectivity index (χ0) is 21.3. The Balaban J connectivity index is 2.01. The van der Waals surface area contributed by atoms with Crippen LogP contribution in [0, 0.1) is 11.2 Å². The predicted molar refractivity (Wildman–Crippen MR) is 110 cm³/mol. The number of hydrogen-bond donors (Lipinski definition) is 3. The summed E-state index contributed by atoms with van der Waals surface area (Å²) in [6.07, 6.45) is 0. The number of halogens is 1. The van der Waals surface area contributed by atoms with E-state index < -0.39 is 29.1 Å². The topological polar surface area (TPSA) is 116 Å². The normalized spacial score (nSPS) is 12.7. The first-order chi connectivity index (χ1) is 13.6. The molecule has 0 aliphatic rings. The Bertz CT molecular complexity index is 1070. The number of anilines is 1. The van der Waals surface area contributed by atoms with Gasteiger partial charge in [0.1, 0.15) is 11.9 Å². The number of nitrogen functional groups attached to an aromatic ring is 1. The highest BCUT2D eigenvalue weighted by Crippen LogP contribution is 2.23. The number of carbonyl (C=O) groups is 2. The summed E-state index contributed by atoms with van der Waals surface area (Å²) in [4.78, 5) is 24.7. The Hall–Kier alpha value is -3.42. The second-order valence-electron chi connectivity index (χ2n) is 8.08. The quantitative estimate of drug-likeness (QED) is 0.573. The number of fused-ring (bicyclic) bond motifs is 1. The SMILES string of the molecule is CC(C)(C)C(NC(=O)c1nn(Cc2ccc(N)cc2)c2ccc(F)cc12)C(N)=O. The predicted octanol–water partition coefficient (Wildman–Crippen LogP) is 2.44. The van der Waals surface area contributed by atoms with Gasteiger partial charge in [-0.3, -0.25) is 14.3 Å². The highest BCUT2D eigenvalue weighted by molar-refractivity contribution is 6.06. The average Bonchev–Trinajstić information content (AvgIpc) is 2.97. The van der Waals surface area contributed by atoms with Gasteiger partial charge in [-0.05, 0) is 41.3 Å². The smallest absolute Gasteiger partial charge is 0.273 e. The third-order valence-electron chi connectivity index (χ3n) is 4.67. The Kier molecular flexibility index (Phi) is 5.28. The van der Waals surface area contributed by atoms with Crippen LogP contribution < -0.4 is 16.8 Å². The van der Waals surface area contributed by atoms with Crippen LogP contribution in [0.5, 0.6) is 0 Å². The van der Waals surface area contributed by atoms with E-state index in [1.54, 1.807) is 43.7 Å². The molecule has 0 aliphatic carbocycles. The van der Waals surface area contributed by atoms with E-state index in [0.29, 0.717) is 23.1 Å². The molecule has 1 heterocycles. The van der Waals surface area contributed by atoms with Crippen LogP contribution in [0.15, 0.2) is 42.5 Å². The number of hydrogen-bond acceptors (Lipinski definition) is 4. The van der Waals surface area contributed by atoms with Crippen LogP contribution in [0.3, 0.4) is 0 Å². The molecule has 0 saturated heterocycles. The van der Waals surface area contributed by atoms with Crippen molar-refractivity contribution in [2.24, 2.45) is 11.1 Å². The second-order valence-corrected chi connectivity index (χ2v) is 8.08. The highest BCUT2D eigenvalue weighted by atomic mass is 19.1. The summed E-state index contributed by atoms with van der Waals surface area (Å²) >= 11 is 0. The molecule has 3 rings (SSSR count). The van der Waals surface area contributed by atoms with Crippen LogP contribution in [-0.2, 0) is 11.3 Å². The highest BCUT2D eigenvalue weighted by Gasteiger charge is 2.32. The Labute approximate surface area is 167 Å². The number of nitrogens with zero attached hydrogens (tertiary/aromatic N) is 2. The number of nitrogens with one attached hydrogen (secondary N) is 1. The van der Waals surface area contributed by atoms with Gasteiger partial charge in [0, 0.05) is 11.1 Å². The lowest BCUT2D eigenvalue weighted by molar-refractivity contribution is -0.122. The van der Waals surface area contributed by atoms with Crippen molar-refractivity contribution in [2.45, 2.75) is 33.4 Å². The molecule has 1 unspecified atom stereocenters. The average molecular weight is 397 g/mol. The van der Waals surface area contributed by atoms with Crippen LogP contribution >= 0.6 is 0 Å². The van der Waals surface area contributed by atoms with Gasteiger partial charge >= 0.3 is 0 Å². The maximum absolute atomic E-state index is 13.9. The first kappa shape index (κ1) is 20.3. The largest absolute Gasteiger partial charge is 0.399 e. The maximum atomic E-state index is 13.9. The van der Waals surface area contributed by atoms with E-state index in [2.05, 4.69) is 10.4 Å². The van der Waals surface area contributed by atoms with Crippen molar-refractivity contribution < 1.29 is 14.0 Å². The standard InChI is InChI=1S/C21H24FN5O2/c1-21(2,3)18(19(24)28)25-20(29)17-15-10-13(22)6-9-16(15)27(26-17)11-12-4-7-14(23)8-5-12/h4-10,18H,11,23H2,1-3H3,(H2,24,28)(H,25,29). The van der Waals surface area contributed by atoms with E-state index in [-0.39, 0.29) is 5.69 Å².